The second-order valence-electron chi connectivity index (χ2n) is 11.2. The minimum atomic E-state index is -1.25. The molecular weight excluding hydrogens is 697 g/mol. The molecule has 1 fully saturated rings. The number of benzene rings is 1. The number of amides is 2. The highest BCUT2D eigenvalue weighted by Gasteiger charge is 2.55. The third kappa shape index (κ3) is 5.97. The van der Waals surface area contributed by atoms with Gasteiger partial charge in [0.1, 0.15) is 47.1 Å². The highest BCUT2D eigenvalue weighted by Crippen LogP contribution is 2.40. The van der Waals surface area contributed by atoms with E-state index in [0.717, 1.165) is 22.4 Å². The number of aliphatic carboxylic acids is 1. The molecule has 1 aromatic carbocycles. The number of anilines is 1. The number of hydrogen-bond donors (Lipinski definition) is 4. The van der Waals surface area contributed by atoms with Gasteiger partial charge in [-0.2, -0.15) is 4.57 Å². The van der Waals surface area contributed by atoms with Crippen LogP contribution in [0.3, 0.4) is 0 Å². The molecule has 3 aliphatic heterocycles. The second kappa shape index (κ2) is 13.1. The van der Waals surface area contributed by atoms with Gasteiger partial charge in [-0.3, -0.25) is 19.5 Å². The number of β-lactam (4-membered cyclic amide) rings is 1. The summed E-state index contributed by atoms with van der Waals surface area (Å²) < 4.78 is 19.0. The maximum absolute atomic E-state index is 15.3. The summed E-state index contributed by atoms with van der Waals surface area (Å²) in [4.78, 5) is 53.4. The topological polar surface area (TPSA) is 180 Å². The first-order valence-corrected chi connectivity index (χ1v) is 17.2. The number of fused-ring (bicyclic) bond motifs is 2. The van der Waals surface area contributed by atoms with E-state index in [-0.39, 0.29) is 40.3 Å². The molecule has 0 radical (unpaired) electrons. The second-order valence-corrected chi connectivity index (χ2v) is 13.6. The molecule has 0 spiro atoms. The zero-order valence-corrected chi connectivity index (χ0v) is 28.1. The van der Waals surface area contributed by atoms with Crippen molar-refractivity contribution in [3.63, 3.8) is 0 Å². The number of nitrogens with zero attached hydrogens (tertiary/aromatic N) is 6. The number of nitrogens with one attached hydrogen (secondary N) is 2. The first-order chi connectivity index (χ1) is 23.6. The quantitative estimate of drug-likeness (QED) is 0.0823. The number of amidine groups is 1. The van der Waals surface area contributed by atoms with Crippen molar-refractivity contribution in [1.29, 1.82) is 0 Å². The number of carboxylic acid groups (broad SMARTS) is 1. The standard InChI is InChI=1S/C31H27ClFN9O5S2/c1-47-39-23(20-14-49-31(34)37-20)27(43)38-24-28(44)42-25(30(45)46)16(13-48-29(24)42)11-40-7-2-3-21-22(40)4-8-41(21)12-17-18(32)9-15(10-19(17)33)26-35-5-6-36-26/h2-4,7-10,14,24,29H,5-6,11-13H2,1H3,(H4-,34,35,36,37,38,43,45,46)/p+1/b39-23-/t24-,29-/m1/s1. The van der Waals surface area contributed by atoms with Crippen LogP contribution < -0.4 is 20.9 Å². The van der Waals surface area contributed by atoms with Crippen LogP contribution in [0, 0.1) is 5.82 Å². The number of carbonyl (C=O) groups excluding carboxylic acids is 2. The number of rotatable bonds is 10. The summed E-state index contributed by atoms with van der Waals surface area (Å²) in [7, 11) is 1.27. The summed E-state index contributed by atoms with van der Waals surface area (Å²) in [6.45, 7) is 1.67. The van der Waals surface area contributed by atoms with Crippen LogP contribution >= 0.6 is 34.7 Å². The van der Waals surface area contributed by atoms with Gasteiger partial charge in [0.15, 0.2) is 23.6 Å². The summed E-state index contributed by atoms with van der Waals surface area (Å²) in [6.07, 6.45) is 3.63. The van der Waals surface area contributed by atoms with E-state index in [1.807, 2.05) is 39.7 Å². The van der Waals surface area contributed by atoms with E-state index in [0.29, 0.717) is 41.4 Å². The predicted molar refractivity (Wildman–Crippen MR) is 182 cm³/mol. The van der Waals surface area contributed by atoms with Crippen molar-refractivity contribution in [2.24, 2.45) is 10.1 Å². The lowest BCUT2D eigenvalue weighted by atomic mass is 10.0. The Balaban J connectivity index is 1.11. The lowest BCUT2D eigenvalue weighted by Crippen LogP contribution is -2.71. The van der Waals surface area contributed by atoms with Crippen molar-refractivity contribution >= 4 is 80.2 Å². The number of oxime groups is 1. The largest absolute Gasteiger partial charge is 0.477 e. The van der Waals surface area contributed by atoms with Crippen LogP contribution in [0.15, 0.2) is 69.5 Å². The molecule has 252 valence electrons. The van der Waals surface area contributed by atoms with Crippen molar-refractivity contribution in [2.45, 2.75) is 24.5 Å². The molecule has 5 N–H and O–H groups in total. The Bertz CT molecular complexity index is 2110. The van der Waals surface area contributed by atoms with Crippen LogP contribution in [0.25, 0.3) is 11.0 Å². The van der Waals surface area contributed by atoms with Crippen LogP contribution in [0.2, 0.25) is 5.02 Å². The molecule has 1 saturated heterocycles. The molecule has 3 aromatic heterocycles. The Labute approximate surface area is 291 Å². The Kier molecular flexibility index (Phi) is 8.72. The summed E-state index contributed by atoms with van der Waals surface area (Å²) in [5.41, 5.74) is 8.59. The molecule has 18 heteroatoms. The fourth-order valence-corrected chi connectivity index (χ4v) is 8.21. The zero-order chi connectivity index (χ0) is 34.4. The van der Waals surface area contributed by atoms with Crippen LogP contribution in [0.1, 0.15) is 16.8 Å². The normalized spacial score (nSPS) is 19.0. The molecule has 0 aliphatic carbocycles. The number of aliphatic imine (C=N–C) groups is 1. The van der Waals surface area contributed by atoms with E-state index in [1.165, 1.54) is 35.2 Å². The smallest absolute Gasteiger partial charge is 0.352 e. The Hall–Kier alpha value is -5.00. The predicted octanol–water partition coefficient (Wildman–Crippen LogP) is 1.95. The molecule has 49 heavy (non-hydrogen) atoms. The fourth-order valence-electron chi connectivity index (χ4n) is 6.06. The average molecular weight is 725 g/mol. The monoisotopic (exact) mass is 724 g/mol. The number of hydrogen-bond acceptors (Lipinski definition) is 11. The van der Waals surface area contributed by atoms with Crippen LogP contribution in [0.5, 0.6) is 0 Å². The van der Waals surface area contributed by atoms with Gasteiger partial charge in [0, 0.05) is 57.7 Å². The molecular formula is C31H28ClFN9O5S2+. The summed E-state index contributed by atoms with van der Waals surface area (Å²) >= 11 is 9.01. The van der Waals surface area contributed by atoms with Gasteiger partial charge in [-0.15, -0.1) is 23.1 Å². The minimum Gasteiger partial charge on any atom is -0.477 e. The molecule has 3 aliphatic rings. The highest BCUT2D eigenvalue weighted by atomic mass is 35.5. The van der Waals surface area contributed by atoms with Crippen LogP contribution in [-0.2, 0) is 32.3 Å². The number of thioether (sulfide) groups is 1. The van der Waals surface area contributed by atoms with Crippen molar-refractivity contribution in [3.8, 4) is 0 Å². The summed E-state index contributed by atoms with van der Waals surface area (Å²) in [5, 5.41) is 21.2. The molecule has 6 heterocycles. The Morgan fingerprint density at radius 2 is 2.18 bits per heavy atom. The fraction of sp³-hybridized carbons (Fsp3) is 0.258. The van der Waals surface area contributed by atoms with E-state index in [1.54, 1.807) is 6.07 Å². The van der Waals surface area contributed by atoms with Crippen molar-refractivity contribution in [3.05, 3.63) is 87.0 Å². The lowest BCUT2D eigenvalue weighted by molar-refractivity contribution is -0.663. The number of carboxylic acids is 1. The van der Waals surface area contributed by atoms with Gasteiger partial charge >= 0.3 is 5.97 Å². The summed E-state index contributed by atoms with van der Waals surface area (Å²) in [6, 6.07) is 7.71. The van der Waals surface area contributed by atoms with Gasteiger partial charge < -0.3 is 30.9 Å². The highest BCUT2D eigenvalue weighted by molar-refractivity contribution is 8.00. The molecule has 4 aromatic rings. The van der Waals surface area contributed by atoms with Gasteiger partial charge in [-0.25, -0.2) is 14.2 Å². The van der Waals surface area contributed by atoms with Gasteiger partial charge in [0.2, 0.25) is 5.52 Å². The first-order valence-electron chi connectivity index (χ1n) is 14.9. The molecule has 2 atom stereocenters. The zero-order valence-electron chi connectivity index (χ0n) is 25.7. The maximum Gasteiger partial charge on any atom is 0.352 e. The first kappa shape index (κ1) is 32.5. The van der Waals surface area contributed by atoms with E-state index in [2.05, 4.69) is 25.8 Å². The number of halogens is 2. The number of carbonyl (C=O) groups is 3. The molecule has 7 rings (SSSR count). The number of aromatic nitrogens is 3. The molecule has 2 amide bonds. The molecule has 14 nitrogen and oxygen atoms in total. The molecule has 0 bridgehead atoms. The number of nitrogens with two attached hydrogens (primary N) is 1. The van der Waals surface area contributed by atoms with Crippen molar-refractivity contribution < 1.29 is 33.3 Å². The van der Waals surface area contributed by atoms with Gasteiger partial charge in [0.25, 0.3) is 11.8 Å². The van der Waals surface area contributed by atoms with E-state index < -0.39 is 35.0 Å². The summed E-state index contributed by atoms with van der Waals surface area (Å²) in [5.74, 6) is -2.06. The molecule has 0 saturated carbocycles. The molecule has 0 unspecified atom stereocenters. The van der Waals surface area contributed by atoms with Crippen molar-refractivity contribution in [2.75, 3.05) is 31.7 Å². The Morgan fingerprint density at radius 1 is 1.35 bits per heavy atom. The van der Waals surface area contributed by atoms with E-state index in [9.17, 15) is 19.5 Å². The van der Waals surface area contributed by atoms with Crippen molar-refractivity contribution in [1.82, 2.24) is 25.1 Å². The van der Waals surface area contributed by atoms with Gasteiger partial charge in [-0.05, 0) is 18.2 Å². The van der Waals surface area contributed by atoms with Gasteiger partial charge in [-0.1, -0.05) is 16.8 Å². The Morgan fingerprint density at radius 3 is 2.88 bits per heavy atom. The van der Waals surface area contributed by atoms with E-state index in [4.69, 9.17) is 22.2 Å². The number of thiazole rings is 1. The van der Waals surface area contributed by atoms with Gasteiger partial charge in [0.05, 0.1) is 13.1 Å². The lowest BCUT2D eigenvalue weighted by Gasteiger charge is -2.49. The maximum atomic E-state index is 15.3. The van der Waals surface area contributed by atoms with Crippen LogP contribution in [0.4, 0.5) is 9.52 Å². The van der Waals surface area contributed by atoms with Crippen LogP contribution in [-0.4, -0.2) is 86.3 Å². The third-order valence-electron chi connectivity index (χ3n) is 8.29. The average Bonchev–Trinajstić information content (AvgIpc) is 3.86. The SMILES string of the molecule is CO/N=C(\C(=O)N[C@@H]1C(=O)N2C(C(=O)O)=C(C[n+]3cccc4c3ccn4Cc3c(F)cc(C4=NCCN4)cc3Cl)CS[C@H]12)c1csc(N)n1. The third-order valence-corrected chi connectivity index (χ3v) is 10.6. The minimum absolute atomic E-state index is 0.128. The van der Waals surface area contributed by atoms with E-state index >= 15 is 4.39 Å². The number of pyridine rings is 1. The number of nitrogen functional groups attached to an aromatic ring is 1.